The molecule has 364 valence electrons. The van der Waals surface area contributed by atoms with Crippen LogP contribution in [0.15, 0.2) is 170 Å². The van der Waals surface area contributed by atoms with Crippen LogP contribution in [0.25, 0.3) is 11.1 Å². The lowest BCUT2D eigenvalue weighted by Gasteiger charge is -2.26. The third-order valence-corrected chi connectivity index (χ3v) is 6.64. The lowest BCUT2D eigenvalue weighted by molar-refractivity contribution is 1.28. The Labute approximate surface area is 425 Å². The van der Waals surface area contributed by atoms with Gasteiger partial charge in [0, 0.05) is 71.4 Å². The van der Waals surface area contributed by atoms with Gasteiger partial charge in [-0.25, -0.2) is 0 Å². The van der Waals surface area contributed by atoms with Crippen LogP contribution in [0.3, 0.4) is 0 Å². The number of anilines is 6. The predicted octanol–water partition coefficient (Wildman–Crippen LogP) is 24.4. The highest BCUT2D eigenvalue weighted by Gasteiger charge is 2.14. The minimum absolute atomic E-state index is 1.13. The molecule has 6 aromatic rings. The van der Waals surface area contributed by atoms with Crippen molar-refractivity contribution in [1.82, 2.24) is 0 Å². The zero-order valence-electron chi connectivity index (χ0n) is 45.8. The molecule has 0 radical (unpaired) electrons. The van der Waals surface area contributed by atoms with Gasteiger partial charge >= 0.3 is 0 Å². The Hall–Kier alpha value is -3.62. The van der Waals surface area contributed by atoms with Crippen molar-refractivity contribution in [3.8, 4) is 11.1 Å². The molecule has 0 fully saturated rings. The van der Waals surface area contributed by atoms with E-state index in [9.17, 15) is 0 Å². The molecule has 0 saturated carbocycles. The maximum atomic E-state index is 2.28. The summed E-state index contributed by atoms with van der Waals surface area (Å²) in [5, 5.41) is 0. The molecule has 0 bridgehead atoms. The van der Waals surface area contributed by atoms with Crippen molar-refractivity contribution in [3.63, 3.8) is 0 Å². The molecular formula is C60H100I2N2. The highest BCUT2D eigenvalue weighted by atomic mass is 128. The van der Waals surface area contributed by atoms with Gasteiger partial charge in [0.2, 0.25) is 0 Å². The summed E-state index contributed by atoms with van der Waals surface area (Å²) in [6.45, 7) is 48.0. The zero-order valence-corrected chi connectivity index (χ0v) is 50.1. The Morgan fingerprint density at radius 1 is 0.188 bits per heavy atom. The van der Waals surface area contributed by atoms with Crippen molar-refractivity contribution < 1.29 is 0 Å². The molecule has 0 amide bonds. The SMILES string of the molecule is CC.CC.CC.CC.CC.CC.CC.CC.CC.CC.CC.CC.II.c1ccc(N(c2ccccc2)c2ccc(-c3ccc(N(c4ccccc4)c4ccccc4)cc3)cc2)cc1. The lowest BCUT2D eigenvalue weighted by atomic mass is 10.0. The second-order valence-electron chi connectivity index (χ2n) is 9.11. The van der Waals surface area contributed by atoms with Gasteiger partial charge < -0.3 is 9.80 Å². The first-order valence-electron chi connectivity index (χ1n) is 25.0. The fourth-order valence-corrected chi connectivity index (χ4v) is 4.81. The second-order valence-corrected chi connectivity index (χ2v) is 9.11. The van der Waals surface area contributed by atoms with Crippen LogP contribution in [0.1, 0.15) is 166 Å². The topological polar surface area (TPSA) is 6.48 Å². The van der Waals surface area contributed by atoms with Crippen molar-refractivity contribution in [2.24, 2.45) is 0 Å². The van der Waals surface area contributed by atoms with E-state index in [-0.39, 0.29) is 0 Å². The summed E-state index contributed by atoms with van der Waals surface area (Å²) in [4.78, 5) is 4.56. The summed E-state index contributed by atoms with van der Waals surface area (Å²) in [5.74, 6) is 0. The van der Waals surface area contributed by atoms with Gasteiger partial charge in [0.15, 0.2) is 0 Å². The molecule has 0 N–H and O–H groups in total. The van der Waals surface area contributed by atoms with Gasteiger partial charge in [0.1, 0.15) is 0 Å². The molecule has 0 aliphatic heterocycles. The molecule has 0 atom stereocenters. The van der Waals surface area contributed by atoms with Gasteiger partial charge in [-0.2, -0.15) is 0 Å². The van der Waals surface area contributed by atoms with Crippen molar-refractivity contribution in [1.29, 1.82) is 0 Å². The zero-order chi connectivity index (χ0) is 51.6. The molecule has 6 rings (SSSR count). The Bertz CT molecular complexity index is 1370. The Morgan fingerprint density at radius 2 is 0.312 bits per heavy atom. The lowest BCUT2D eigenvalue weighted by Crippen LogP contribution is -2.09. The van der Waals surface area contributed by atoms with E-state index in [4.69, 9.17) is 0 Å². The number of benzene rings is 6. The minimum atomic E-state index is 1.13. The monoisotopic (exact) mass is 1100 g/mol. The minimum Gasteiger partial charge on any atom is -0.311 e. The summed E-state index contributed by atoms with van der Waals surface area (Å²) in [5.41, 5.74) is 9.18. The first-order valence-corrected chi connectivity index (χ1v) is 31.3. The highest BCUT2D eigenvalue weighted by molar-refractivity contribution is 15.0. The van der Waals surface area contributed by atoms with Gasteiger partial charge in [-0.1, -0.05) is 263 Å². The molecule has 6 aromatic carbocycles. The fourth-order valence-electron chi connectivity index (χ4n) is 4.81. The van der Waals surface area contributed by atoms with E-state index in [0.29, 0.717) is 0 Å². The Balaban J connectivity index is -0.000000174. The Kier molecular flexibility index (Phi) is 83.0. The predicted molar refractivity (Wildman–Crippen MR) is 325 cm³/mol. The number of hydrogen-bond acceptors (Lipinski definition) is 2. The summed E-state index contributed by atoms with van der Waals surface area (Å²) < 4.78 is 0. The first kappa shape index (κ1) is 77.6. The average molecular weight is 1100 g/mol. The van der Waals surface area contributed by atoms with Crippen LogP contribution in [0.4, 0.5) is 34.1 Å². The first-order chi connectivity index (χ1) is 31.9. The molecular weight excluding hydrogens is 1000 g/mol. The summed E-state index contributed by atoms with van der Waals surface area (Å²) in [7, 11) is 0. The fraction of sp³-hybridized carbons (Fsp3) is 0.400. The van der Waals surface area contributed by atoms with E-state index in [1.54, 1.807) is 0 Å². The van der Waals surface area contributed by atoms with Crippen molar-refractivity contribution in [2.75, 3.05) is 9.80 Å². The molecule has 0 saturated heterocycles. The van der Waals surface area contributed by atoms with E-state index in [1.807, 2.05) is 166 Å². The maximum Gasteiger partial charge on any atom is 0.0462 e. The number of halogens is 2. The number of nitrogens with zero attached hydrogens (tertiary/aromatic N) is 2. The largest absolute Gasteiger partial charge is 0.311 e. The van der Waals surface area contributed by atoms with Crippen molar-refractivity contribution in [2.45, 2.75) is 166 Å². The molecule has 0 heterocycles. The van der Waals surface area contributed by atoms with E-state index in [1.165, 1.54) is 11.1 Å². The van der Waals surface area contributed by atoms with Crippen LogP contribution in [-0.4, -0.2) is 0 Å². The van der Waals surface area contributed by atoms with E-state index < -0.39 is 0 Å². The van der Waals surface area contributed by atoms with Crippen molar-refractivity contribution in [3.05, 3.63) is 170 Å². The van der Waals surface area contributed by atoms with Crippen LogP contribution in [0.2, 0.25) is 0 Å². The van der Waals surface area contributed by atoms with E-state index in [0.717, 1.165) is 34.1 Å². The van der Waals surface area contributed by atoms with Crippen LogP contribution < -0.4 is 9.80 Å². The van der Waals surface area contributed by atoms with Crippen LogP contribution in [0.5, 0.6) is 0 Å². The number of para-hydroxylation sites is 4. The van der Waals surface area contributed by atoms with Crippen LogP contribution in [-0.2, 0) is 0 Å². The van der Waals surface area contributed by atoms with E-state index >= 15 is 0 Å². The standard InChI is InChI=1S/C36H28N2.12C2H6.I2/c1-5-13-31(14-6-1)37(32-15-7-2-8-16-32)35-25-21-29(22-26-35)30-23-27-36(28-24-30)38(33-17-9-3-10-18-33)34-19-11-4-12-20-34;13*1-2/h1-28H;12*1-2H3;. The molecule has 0 aromatic heterocycles. The molecule has 0 aliphatic rings. The summed E-state index contributed by atoms with van der Waals surface area (Å²) in [6.07, 6.45) is 0. The summed E-state index contributed by atoms with van der Waals surface area (Å²) >= 11 is 4.24. The van der Waals surface area contributed by atoms with Gasteiger partial charge in [-0.15, -0.1) is 0 Å². The molecule has 64 heavy (non-hydrogen) atoms. The quantitative estimate of drug-likeness (QED) is 0.147. The molecule has 0 spiro atoms. The van der Waals surface area contributed by atoms with Gasteiger partial charge in [0.25, 0.3) is 0 Å². The molecule has 0 unspecified atom stereocenters. The number of hydrogen-bond donors (Lipinski definition) is 0. The normalized spacial score (nSPS) is 7.53. The third kappa shape index (κ3) is 32.9. The van der Waals surface area contributed by atoms with Gasteiger partial charge in [0.05, 0.1) is 0 Å². The molecule has 4 heteroatoms. The van der Waals surface area contributed by atoms with Gasteiger partial charge in [-0.05, 0) is 83.9 Å². The van der Waals surface area contributed by atoms with Crippen LogP contribution >= 0.6 is 37.2 Å². The van der Waals surface area contributed by atoms with Crippen molar-refractivity contribution >= 4 is 71.4 Å². The third-order valence-electron chi connectivity index (χ3n) is 6.64. The van der Waals surface area contributed by atoms with E-state index in [2.05, 4.69) is 217 Å². The average Bonchev–Trinajstić information content (AvgIpc) is 3.45. The highest BCUT2D eigenvalue weighted by Crippen LogP contribution is 2.37. The Morgan fingerprint density at radius 3 is 0.453 bits per heavy atom. The maximum absolute atomic E-state index is 2.28. The second kappa shape index (κ2) is 68.4. The van der Waals surface area contributed by atoms with Crippen LogP contribution in [0, 0.1) is 0 Å². The van der Waals surface area contributed by atoms with Gasteiger partial charge in [-0.3, -0.25) is 0 Å². The number of rotatable bonds is 7. The summed E-state index contributed by atoms with van der Waals surface area (Å²) in [6, 6.07) is 59.6. The molecule has 2 nitrogen and oxygen atoms in total. The smallest absolute Gasteiger partial charge is 0.0462 e. The molecule has 0 aliphatic carbocycles.